The van der Waals surface area contributed by atoms with Gasteiger partial charge in [-0.15, -0.1) is 0 Å². The zero-order chi connectivity index (χ0) is 22.1. The Balaban J connectivity index is 1.42. The van der Waals surface area contributed by atoms with Crippen LogP contribution in [0, 0.1) is 0 Å². The molecule has 0 radical (unpaired) electrons. The lowest BCUT2D eigenvalue weighted by molar-refractivity contribution is -0.144. The molecule has 0 spiro atoms. The van der Waals surface area contributed by atoms with E-state index >= 15 is 0 Å². The third-order valence-corrected chi connectivity index (χ3v) is 5.68. The summed E-state index contributed by atoms with van der Waals surface area (Å²) in [6, 6.07) is 12.0. The molecule has 4 rings (SSSR count). The van der Waals surface area contributed by atoms with E-state index in [1.807, 2.05) is 30.3 Å². The van der Waals surface area contributed by atoms with Crippen molar-refractivity contribution in [2.24, 2.45) is 0 Å². The third-order valence-electron chi connectivity index (χ3n) is 5.68. The van der Waals surface area contributed by atoms with Gasteiger partial charge in [-0.1, -0.05) is 24.3 Å². The number of nitrogens with one attached hydrogen (secondary N) is 1. The molecule has 31 heavy (non-hydrogen) atoms. The summed E-state index contributed by atoms with van der Waals surface area (Å²) in [5.41, 5.74) is 3.62. The molecule has 0 saturated carbocycles. The minimum absolute atomic E-state index is 0.0616. The van der Waals surface area contributed by atoms with Gasteiger partial charge in [-0.25, -0.2) is 0 Å². The van der Waals surface area contributed by atoms with Crippen LogP contribution in [0.4, 0.5) is 5.69 Å². The summed E-state index contributed by atoms with van der Waals surface area (Å²) in [4.78, 5) is 50.4. The van der Waals surface area contributed by atoms with Gasteiger partial charge in [0.2, 0.25) is 11.8 Å². The van der Waals surface area contributed by atoms with Gasteiger partial charge >= 0.3 is 5.97 Å². The van der Waals surface area contributed by atoms with Crippen molar-refractivity contribution in [1.29, 1.82) is 0 Å². The maximum atomic E-state index is 12.5. The Hall–Kier alpha value is -3.74. The molecule has 2 amide bonds. The molecule has 158 valence electrons. The van der Waals surface area contributed by atoms with Crippen molar-refractivity contribution in [1.82, 2.24) is 4.90 Å². The molecule has 7 heteroatoms. The van der Waals surface area contributed by atoms with Gasteiger partial charge in [0.15, 0.2) is 12.4 Å². The van der Waals surface area contributed by atoms with Crippen molar-refractivity contribution in [3.63, 3.8) is 0 Å². The minimum atomic E-state index is -0.568. The van der Waals surface area contributed by atoms with Crippen LogP contribution in [0.3, 0.4) is 0 Å². The first-order chi connectivity index (χ1) is 14.8. The van der Waals surface area contributed by atoms with Crippen LogP contribution in [0.25, 0.3) is 6.08 Å². The van der Waals surface area contributed by atoms with Crippen LogP contribution in [0.15, 0.2) is 48.7 Å². The molecular weight excluding hydrogens is 396 g/mol. The normalized spacial score (nSPS) is 18.8. The molecular formula is C24H22N2O5. The van der Waals surface area contributed by atoms with E-state index in [4.69, 9.17) is 4.74 Å². The molecule has 0 saturated heterocycles. The molecule has 7 nitrogen and oxygen atoms in total. The largest absolute Gasteiger partial charge is 0.457 e. The van der Waals surface area contributed by atoms with Gasteiger partial charge in [0.05, 0.1) is 18.4 Å². The molecule has 1 N–H and O–H groups in total. The zero-order valence-electron chi connectivity index (χ0n) is 17.3. The number of hydrogen-bond acceptors (Lipinski definition) is 5. The zero-order valence-corrected chi connectivity index (χ0v) is 17.3. The molecule has 0 aliphatic carbocycles. The van der Waals surface area contributed by atoms with Gasteiger partial charge in [0.25, 0.3) is 0 Å². The monoisotopic (exact) mass is 418 g/mol. The second-order valence-electron chi connectivity index (χ2n) is 7.69. The Morgan fingerprint density at radius 2 is 1.87 bits per heavy atom. The van der Waals surface area contributed by atoms with Gasteiger partial charge in [-0.2, -0.15) is 0 Å². The molecule has 0 fully saturated rings. The van der Waals surface area contributed by atoms with Crippen molar-refractivity contribution in [3.8, 4) is 0 Å². The molecule has 2 aromatic carbocycles. The highest BCUT2D eigenvalue weighted by Crippen LogP contribution is 2.34. The van der Waals surface area contributed by atoms with Gasteiger partial charge in [0.1, 0.15) is 0 Å². The number of rotatable bonds is 5. The van der Waals surface area contributed by atoms with E-state index in [0.717, 1.165) is 16.7 Å². The Kier molecular flexibility index (Phi) is 5.42. The smallest absolute Gasteiger partial charge is 0.308 e. The first-order valence-electron chi connectivity index (χ1n) is 10.0. The van der Waals surface area contributed by atoms with Crippen molar-refractivity contribution in [3.05, 3.63) is 70.9 Å². The number of benzene rings is 2. The van der Waals surface area contributed by atoms with E-state index in [-0.39, 0.29) is 29.9 Å². The van der Waals surface area contributed by atoms with Gasteiger partial charge in [-0.3, -0.25) is 19.2 Å². The fourth-order valence-corrected chi connectivity index (χ4v) is 3.95. The lowest BCUT2D eigenvalue weighted by atomic mass is 9.94. The number of carbonyl (C=O) groups excluding carboxylic acids is 4. The van der Waals surface area contributed by atoms with E-state index in [0.29, 0.717) is 11.3 Å². The van der Waals surface area contributed by atoms with Crippen molar-refractivity contribution in [2.45, 2.75) is 32.2 Å². The predicted molar refractivity (Wildman–Crippen MR) is 114 cm³/mol. The van der Waals surface area contributed by atoms with E-state index < -0.39 is 18.6 Å². The minimum Gasteiger partial charge on any atom is -0.457 e. The average Bonchev–Trinajstić information content (AvgIpc) is 3.05. The molecule has 0 bridgehead atoms. The van der Waals surface area contributed by atoms with Crippen LogP contribution in [0.5, 0.6) is 0 Å². The lowest BCUT2D eigenvalue weighted by Gasteiger charge is -2.32. The molecule has 2 atom stereocenters. The summed E-state index contributed by atoms with van der Waals surface area (Å²) in [5, 5.41) is 2.76. The number of ether oxygens (including phenoxy) is 1. The Morgan fingerprint density at radius 3 is 2.65 bits per heavy atom. The number of carbonyl (C=O) groups is 4. The number of fused-ring (bicyclic) bond motifs is 2. The van der Waals surface area contributed by atoms with E-state index in [9.17, 15) is 19.2 Å². The second-order valence-corrected chi connectivity index (χ2v) is 7.69. The van der Waals surface area contributed by atoms with Crippen LogP contribution >= 0.6 is 0 Å². The number of esters is 1. The molecule has 0 aromatic heterocycles. The maximum Gasteiger partial charge on any atom is 0.308 e. The standard InChI is InChI=1S/C24H22N2O5/c1-14-19-11-17(7-8-20(19)25-24(14)30)22(28)13-31-23(29)12-21-18-6-4-3-5-16(18)9-10-26(21)15(2)27/h3-11,14,21H,12-13H2,1-2H3,(H,25,30)/t14-,21-/m1/s1. The number of anilines is 1. The first-order valence-corrected chi connectivity index (χ1v) is 10.0. The molecule has 2 aliphatic rings. The highest BCUT2D eigenvalue weighted by Gasteiger charge is 2.30. The van der Waals surface area contributed by atoms with Crippen LogP contribution in [-0.2, 0) is 19.1 Å². The van der Waals surface area contributed by atoms with Gasteiger partial charge < -0.3 is 15.0 Å². The highest BCUT2D eigenvalue weighted by molar-refractivity contribution is 6.05. The van der Waals surface area contributed by atoms with E-state index in [2.05, 4.69) is 5.32 Å². The predicted octanol–water partition coefficient (Wildman–Crippen LogP) is 3.43. The molecule has 2 aliphatic heterocycles. The number of ketones is 1. The summed E-state index contributed by atoms with van der Waals surface area (Å²) < 4.78 is 5.24. The molecule has 2 heterocycles. The quantitative estimate of drug-likeness (QED) is 0.593. The Bertz CT molecular complexity index is 1120. The van der Waals surface area contributed by atoms with Crippen molar-refractivity contribution >= 4 is 35.3 Å². The summed E-state index contributed by atoms with van der Waals surface area (Å²) in [5.74, 6) is -1.55. The summed E-state index contributed by atoms with van der Waals surface area (Å²) >= 11 is 0. The van der Waals surface area contributed by atoms with Gasteiger partial charge in [-0.05, 0) is 47.9 Å². The number of amides is 2. The summed E-state index contributed by atoms with van der Waals surface area (Å²) in [6.07, 6.45) is 3.43. The summed E-state index contributed by atoms with van der Waals surface area (Å²) in [7, 11) is 0. The lowest BCUT2D eigenvalue weighted by Crippen LogP contribution is -2.32. The molecule has 2 aromatic rings. The average molecular weight is 418 g/mol. The number of hydrogen-bond donors (Lipinski definition) is 1. The highest BCUT2D eigenvalue weighted by atomic mass is 16.5. The van der Waals surface area contributed by atoms with Crippen LogP contribution in [0.1, 0.15) is 59.3 Å². The Morgan fingerprint density at radius 1 is 1.10 bits per heavy atom. The fraction of sp³-hybridized carbons (Fsp3) is 0.250. The van der Waals surface area contributed by atoms with Crippen LogP contribution < -0.4 is 5.32 Å². The third kappa shape index (κ3) is 3.99. The van der Waals surface area contributed by atoms with Crippen molar-refractivity contribution < 1.29 is 23.9 Å². The number of nitrogens with zero attached hydrogens (tertiary/aromatic N) is 1. The SMILES string of the molecule is CC(=O)N1C=Cc2ccccc2[C@H]1CC(=O)OCC(=O)c1ccc2c(c1)[C@@H](C)C(=O)N2. The topological polar surface area (TPSA) is 92.8 Å². The van der Waals surface area contributed by atoms with E-state index in [1.165, 1.54) is 11.8 Å². The van der Waals surface area contributed by atoms with E-state index in [1.54, 1.807) is 31.3 Å². The van der Waals surface area contributed by atoms with Gasteiger partial charge in [0, 0.05) is 24.4 Å². The van der Waals surface area contributed by atoms with Crippen LogP contribution in [0.2, 0.25) is 0 Å². The first kappa shape index (κ1) is 20.5. The van der Waals surface area contributed by atoms with Crippen LogP contribution in [-0.4, -0.2) is 35.1 Å². The maximum absolute atomic E-state index is 12.5. The molecule has 0 unspecified atom stereocenters. The van der Waals surface area contributed by atoms with Crippen molar-refractivity contribution in [2.75, 3.05) is 11.9 Å². The number of Topliss-reactive ketones (excluding diaryl/α,β-unsaturated/α-hetero) is 1. The fourth-order valence-electron chi connectivity index (χ4n) is 3.95. The second kappa shape index (κ2) is 8.18. The Labute approximate surface area is 179 Å². The summed E-state index contributed by atoms with van der Waals surface area (Å²) in [6.45, 7) is 2.80.